The number of nitrogens with one attached hydrogen (secondary N) is 1. The van der Waals surface area contributed by atoms with Crippen LogP contribution >= 0.6 is 0 Å². The molecule has 1 aromatic carbocycles. The van der Waals surface area contributed by atoms with Gasteiger partial charge in [0.1, 0.15) is 6.10 Å². The van der Waals surface area contributed by atoms with Crippen LogP contribution in [-0.2, 0) is 9.53 Å². The molecule has 5 nitrogen and oxygen atoms in total. The summed E-state index contributed by atoms with van der Waals surface area (Å²) >= 11 is 0. The first-order chi connectivity index (χ1) is 11.1. The Morgan fingerprint density at radius 2 is 2.04 bits per heavy atom. The molecule has 1 fully saturated rings. The molecule has 0 spiro atoms. The van der Waals surface area contributed by atoms with Crippen molar-refractivity contribution in [2.24, 2.45) is 0 Å². The van der Waals surface area contributed by atoms with Crippen LogP contribution in [0, 0.1) is 0 Å². The molecule has 23 heavy (non-hydrogen) atoms. The van der Waals surface area contributed by atoms with E-state index in [1.807, 2.05) is 38.1 Å². The second kappa shape index (κ2) is 7.21. The fraction of sp³-hybridized carbons (Fsp3) is 0.611. The predicted molar refractivity (Wildman–Crippen MR) is 86.8 cm³/mol. The third-order valence-corrected chi connectivity index (χ3v) is 4.44. The van der Waals surface area contributed by atoms with E-state index >= 15 is 0 Å². The van der Waals surface area contributed by atoms with Gasteiger partial charge in [-0.15, -0.1) is 0 Å². The van der Waals surface area contributed by atoms with E-state index in [-0.39, 0.29) is 18.1 Å². The molecule has 0 aromatic heterocycles. The number of benzene rings is 1. The molecule has 3 rings (SSSR count). The summed E-state index contributed by atoms with van der Waals surface area (Å²) in [5.41, 5.74) is 0. The minimum atomic E-state index is -0.616. The van der Waals surface area contributed by atoms with E-state index in [4.69, 9.17) is 14.2 Å². The van der Waals surface area contributed by atoms with Crippen LogP contribution in [0.3, 0.4) is 0 Å². The van der Waals surface area contributed by atoms with Crippen LogP contribution in [0.5, 0.6) is 11.5 Å². The summed E-state index contributed by atoms with van der Waals surface area (Å²) < 4.78 is 17.2. The number of hydrogen-bond acceptors (Lipinski definition) is 4. The number of amides is 1. The van der Waals surface area contributed by atoms with Crippen LogP contribution in [0.15, 0.2) is 24.3 Å². The van der Waals surface area contributed by atoms with Gasteiger partial charge in [-0.3, -0.25) is 4.79 Å². The van der Waals surface area contributed by atoms with Gasteiger partial charge in [0.15, 0.2) is 11.5 Å². The van der Waals surface area contributed by atoms with Gasteiger partial charge in [0.25, 0.3) is 5.91 Å². The summed E-state index contributed by atoms with van der Waals surface area (Å²) in [7, 11) is 0. The van der Waals surface area contributed by atoms with Crippen LogP contribution in [-0.4, -0.2) is 36.9 Å². The molecule has 2 aliphatic rings. The monoisotopic (exact) mass is 319 g/mol. The summed E-state index contributed by atoms with van der Waals surface area (Å²) in [5.74, 6) is 1.19. The first-order valence-electron chi connectivity index (χ1n) is 8.48. The number of ether oxygens (including phenoxy) is 3. The lowest BCUT2D eigenvalue weighted by Crippen LogP contribution is -2.51. The first kappa shape index (κ1) is 16.1. The average Bonchev–Trinajstić information content (AvgIpc) is 3.05. The lowest BCUT2D eigenvalue weighted by atomic mass is 10.1. The lowest BCUT2D eigenvalue weighted by molar-refractivity contribution is -0.134. The van der Waals surface area contributed by atoms with Crippen molar-refractivity contribution in [2.75, 3.05) is 6.61 Å². The van der Waals surface area contributed by atoms with E-state index in [0.29, 0.717) is 17.6 Å². The van der Waals surface area contributed by atoms with Gasteiger partial charge in [-0.1, -0.05) is 12.1 Å². The number of hydrogen-bond donors (Lipinski definition) is 1. The van der Waals surface area contributed by atoms with Crippen LogP contribution < -0.4 is 14.8 Å². The molecule has 0 saturated carbocycles. The van der Waals surface area contributed by atoms with Gasteiger partial charge in [0.2, 0.25) is 6.10 Å². The van der Waals surface area contributed by atoms with Crippen LogP contribution in [0.25, 0.3) is 0 Å². The van der Waals surface area contributed by atoms with E-state index in [1.165, 1.54) is 0 Å². The second-order valence-electron chi connectivity index (χ2n) is 6.43. The van der Waals surface area contributed by atoms with Crippen molar-refractivity contribution < 1.29 is 19.0 Å². The minimum absolute atomic E-state index is 0.0969. The van der Waals surface area contributed by atoms with E-state index in [2.05, 4.69) is 5.32 Å². The number of carbonyl (C=O) groups excluding carboxylic acids is 1. The molecular formula is C18H25NO4. The Morgan fingerprint density at radius 3 is 2.74 bits per heavy atom. The van der Waals surface area contributed by atoms with Crippen molar-refractivity contribution in [1.29, 1.82) is 0 Å². The molecule has 0 radical (unpaired) electrons. The Kier molecular flexibility index (Phi) is 5.06. The minimum Gasteiger partial charge on any atom is -0.482 e. The predicted octanol–water partition coefficient (Wildman–Crippen LogP) is 2.68. The standard InChI is InChI=1S/C18H25NO4/c1-12(9-10-14-6-5-11-21-14)19-18(20)17-13(2)22-15-7-3-4-8-16(15)23-17/h3-4,7-8,12-14,17H,5-6,9-11H2,1-2H3,(H,19,20)/t12-,13+,14+,17-/m1/s1. The SMILES string of the molecule is C[C@H](CC[C@@H]1CCCO1)NC(=O)[C@@H]1Oc2ccccc2O[C@H]1C. The molecule has 1 N–H and O–H groups in total. The Morgan fingerprint density at radius 1 is 1.30 bits per heavy atom. The third kappa shape index (κ3) is 3.96. The molecule has 1 amide bonds. The number of carbonyl (C=O) groups is 1. The Balaban J connectivity index is 1.51. The van der Waals surface area contributed by atoms with Crippen molar-refractivity contribution >= 4 is 5.91 Å². The molecule has 5 heteroatoms. The summed E-state index contributed by atoms with van der Waals surface area (Å²) in [6.45, 7) is 4.75. The zero-order chi connectivity index (χ0) is 16.2. The zero-order valence-electron chi connectivity index (χ0n) is 13.8. The van der Waals surface area contributed by atoms with E-state index in [0.717, 1.165) is 32.3 Å². The number of fused-ring (bicyclic) bond motifs is 1. The highest BCUT2D eigenvalue weighted by Gasteiger charge is 2.34. The lowest BCUT2D eigenvalue weighted by Gasteiger charge is -2.31. The number of rotatable bonds is 5. The maximum Gasteiger partial charge on any atom is 0.265 e. The van der Waals surface area contributed by atoms with Crippen molar-refractivity contribution in [3.8, 4) is 11.5 Å². The molecule has 126 valence electrons. The summed E-state index contributed by atoms with van der Waals surface area (Å²) in [6.07, 6.45) is 3.61. The maximum atomic E-state index is 12.5. The van der Waals surface area contributed by atoms with Gasteiger partial charge in [-0.25, -0.2) is 0 Å². The van der Waals surface area contributed by atoms with Crippen molar-refractivity contribution in [3.63, 3.8) is 0 Å². The Labute approximate surface area is 137 Å². The Bertz CT molecular complexity index is 542. The molecule has 1 saturated heterocycles. The average molecular weight is 319 g/mol. The van der Waals surface area contributed by atoms with E-state index in [9.17, 15) is 4.79 Å². The molecule has 0 bridgehead atoms. The third-order valence-electron chi connectivity index (χ3n) is 4.44. The van der Waals surface area contributed by atoms with Gasteiger partial charge >= 0.3 is 0 Å². The highest BCUT2D eigenvalue weighted by atomic mass is 16.6. The fourth-order valence-corrected chi connectivity index (χ4v) is 3.11. The van der Waals surface area contributed by atoms with Crippen LogP contribution in [0.2, 0.25) is 0 Å². The molecule has 4 atom stereocenters. The molecule has 2 aliphatic heterocycles. The van der Waals surface area contributed by atoms with Gasteiger partial charge in [0, 0.05) is 12.6 Å². The molecular weight excluding hydrogens is 294 g/mol. The second-order valence-corrected chi connectivity index (χ2v) is 6.43. The topological polar surface area (TPSA) is 56.8 Å². The van der Waals surface area contributed by atoms with Gasteiger partial charge in [-0.2, -0.15) is 0 Å². The fourth-order valence-electron chi connectivity index (χ4n) is 3.11. The maximum absolute atomic E-state index is 12.5. The quantitative estimate of drug-likeness (QED) is 0.906. The van der Waals surface area contributed by atoms with Crippen molar-refractivity contribution in [3.05, 3.63) is 24.3 Å². The van der Waals surface area contributed by atoms with Gasteiger partial charge in [0.05, 0.1) is 6.10 Å². The summed E-state index contributed by atoms with van der Waals surface area (Å²) in [6, 6.07) is 7.53. The van der Waals surface area contributed by atoms with Crippen LogP contribution in [0.1, 0.15) is 39.5 Å². The van der Waals surface area contributed by atoms with Gasteiger partial charge < -0.3 is 19.5 Å². The highest BCUT2D eigenvalue weighted by Crippen LogP contribution is 2.33. The Hall–Kier alpha value is -1.75. The van der Waals surface area contributed by atoms with Crippen LogP contribution in [0.4, 0.5) is 0 Å². The van der Waals surface area contributed by atoms with E-state index in [1.54, 1.807) is 0 Å². The highest BCUT2D eigenvalue weighted by molar-refractivity contribution is 5.82. The van der Waals surface area contributed by atoms with E-state index < -0.39 is 6.10 Å². The normalized spacial score (nSPS) is 27.5. The molecule has 0 unspecified atom stereocenters. The summed E-state index contributed by atoms with van der Waals surface area (Å²) in [5, 5.41) is 3.04. The number of para-hydroxylation sites is 2. The van der Waals surface area contributed by atoms with Crippen molar-refractivity contribution in [1.82, 2.24) is 5.32 Å². The molecule has 2 heterocycles. The van der Waals surface area contributed by atoms with Crippen molar-refractivity contribution in [2.45, 2.75) is 63.9 Å². The smallest absolute Gasteiger partial charge is 0.265 e. The molecule has 1 aromatic rings. The van der Waals surface area contributed by atoms with Gasteiger partial charge in [-0.05, 0) is 51.7 Å². The zero-order valence-corrected chi connectivity index (χ0v) is 13.8. The largest absolute Gasteiger partial charge is 0.482 e. The summed E-state index contributed by atoms with van der Waals surface area (Å²) in [4.78, 5) is 12.5. The first-order valence-corrected chi connectivity index (χ1v) is 8.48. The molecule has 0 aliphatic carbocycles.